The van der Waals surface area contributed by atoms with E-state index in [0.29, 0.717) is 24.3 Å². The first-order valence-electron chi connectivity index (χ1n) is 10.8. The number of likely N-dealkylation sites (tertiary alicyclic amines) is 1. The molecule has 1 saturated carbocycles. The molecule has 0 unspecified atom stereocenters. The average Bonchev–Trinajstić information content (AvgIpc) is 3.09. The Labute approximate surface area is 173 Å². The van der Waals surface area contributed by atoms with Gasteiger partial charge in [0.15, 0.2) is 5.16 Å². The molecule has 1 amide bonds. The van der Waals surface area contributed by atoms with E-state index in [2.05, 4.69) is 38.5 Å². The summed E-state index contributed by atoms with van der Waals surface area (Å²) in [6, 6.07) is 0.327. The highest BCUT2D eigenvalue weighted by molar-refractivity contribution is 7.99. The first kappa shape index (κ1) is 21.4. The quantitative estimate of drug-likeness (QED) is 0.505. The first-order chi connectivity index (χ1) is 13.7. The Morgan fingerprint density at radius 2 is 2.00 bits per heavy atom. The van der Waals surface area contributed by atoms with Crippen molar-refractivity contribution in [3.8, 4) is 0 Å². The number of hydrogen-bond acceptors (Lipinski definition) is 5. The highest BCUT2D eigenvalue weighted by Crippen LogP contribution is 2.24. The van der Waals surface area contributed by atoms with Gasteiger partial charge in [0, 0.05) is 25.6 Å². The third kappa shape index (κ3) is 6.08. The molecule has 1 aromatic rings. The number of piperidine rings is 1. The minimum absolute atomic E-state index is 0.103. The largest absolute Gasteiger partial charge is 0.352 e. The fourth-order valence-electron chi connectivity index (χ4n) is 4.27. The second-order valence-electron chi connectivity index (χ2n) is 8.17. The number of amides is 1. The molecule has 156 valence electrons. The van der Waals surface area contributed by atoms with Gasteiger partial charge < -0.3 is 14.8 Å². The molecule has 1 N–H and O–H groups in total. The van der Waals surface area contributed by atoms with Gasteiger partial charge in [0.05, 0.1) is 5.75 Å². The zero-order valence-electron chi connectivity index (χ0n) is 17.2. The summed E-state index contributed by atoms with van der Waals surface area (Å²) in [5.41, 5.74) is 0. The van der Waals surface area contributed by atoms with Crippen LogP contribution in [0, 0.1) is 5.92 Å². The fourth-order valence-corrected chi connectivity index (χ4v) is 5.05. The van der Waals surface area contributed by atoms with E-state index in [0.717, 1.165) is 30.4 Å². The van der Waals surface area contributed by atoms with Crippen LogP contribution in [0.2, 0.25) is 0 Å². The third-order valence-electron chi connectivity index (χ3n) is 6.00. The summed E-state index contributed by atoms with van der Waals surface area (Å²) in [6.45, 7) is 10.2. The van der Waals surface area contributed by atoms with Crippen LogP contribution in [0.5, 0.6) is 0 Å². The van der Waals surface area contributed by atoms with Crippen LogP contribution in [-0.4, -0.2) is 57.0 Å². The van der Waals surface area contributed by atoms with Crippen molar-refractivity contribution in [1.82, 2.24) is 25.0 Å². The van der Waals surface area contributed by atoms with Crippen molar-refractivity contribution in [2.24, 2.45) is 5.92 Å². The summed E-state index contributed by atoms with van der Waals surface area (Å²) in [5.74, 6) is 2.07. The lowest BCUT2D eigenvalue weighted by Gasteiger charge is -2.29. The molecule has 7 heteroatoms. The maximum atomic E-state index is 12.4. The average molecular weight is 406 g/mol. The lowest BCUT2D eigenvalue weighted by molar-refractivity contribution is -0.119. The highest BCUT2D eigenvalue weighted by atomic mass is 32.2. The Kier molecular flexibility index (Phi) is 8.40. The molecular weight excluding hydrogens is 370 g/mol. The maximum Gasteiger partial charge on any atom is 0.230 e. The molecule has 0 bridgehead atoms. The Balaban J connectivity index is 1.51. The number of carbonyl (C=O) groups is 1. The van der Waals surface area contributed by atoms with Crippen LogP contribution in [0.3, 0.4) is 0 Å². The monoisotopic (exact) mass is 405 g/mol. The molecule has 1 aliphatic heterocycles. The third-order valence-corrected chi connectivity index (χ3v) is 6.96. The second-order valence-corrected chi connectivity index (χ2v) is 9.12. The van der Waals surface area contributed by atoms with Gasteiger partial charge in [-0.1, -0.05) is 44.0 Å². The van der Waals surface area contributed by atoms with Gasteiger partial charge in [-0.25, -0.2) is 0 Å². The number of rotatable bonds is 9. The van der Waals surface area contributed by atoms with Crippen molar-refractivity contribution in [2.75, 3.05) is 25.4 Å². The summed E-state index contributed by atoms with van der Waals surface area (Å²) >= 11 is 1.48. The van der Waals surface area contributed by atoms with E-state index < -0.39 is 0 Å². The van der Waals surface area contributed by atoms with Crippen LogP contribution in [-0.2, 0) is 17.8 Å². The molecule has 0 radical (unpaired) electrons. The first-order valence-corrected chi connectivity index (χ1v) is 11.8. The topological polar surface area (TPSA) is 63.1 Å². The molecule has 2 fully saturated rings. The van der Waals surface area contributed by atoms with Crippen LogP contribution in [0.25, 0.3) is 0 Å². The molecule has 1 saturated heterocycles. The van der Waals surface area contributed by atoms with E-state index in [1.165, 1.54) is 63.4 Å². The van der Waals surface area contributed by atoms with Gasteiger partial charge >= 0.3 is 0 Å². The van der Waals surface area contributed by atoms with Crippen molar-refractivity contribution in [3.63, 3.8) is 0 Å². The van der Waals surface area contributed by atoms with Crippen LogP contribution >= 0.6 is 11.8 Å². The van der Waals surface area contributed by atoms with E-state index in [-0.39, 0.29) is 5.91 Å². The fraction of sp³-hybridized carbons (Fsp3) is 0.762. The molecule has 1 aliphatic carbocycles. The number of aromatic nitrogens is 3. The van der Waals surface area contributed by atoms with E-state index in [4.69, 9.17) is 0 Å². The van der Waals surface area contributed by atoms with Gasteiger partial charge in [0.1, 0.15) is 5.82 Å². The SMILES string of the molecule is C=CCn1c(CCN2CCCCC2)nnc1SCC(=O)N[C@@H]1CCCC[C@H]1C. The van der Waals surface area contributed by atoms with Crippen molar-refractivity contribution < 1.29 is 4.79 Å². The van der Waals surface area contributed by atoms with Gasteiger partial charge in [-0.2, -0.15) is 0 Å². The van der Waals surface area contributed by atoms with Crippen LogP contribution < -0.4 is 5.32 Å². The summed E-state index contributed by atoms with van der Waals surface area (Å²) in [4.78, 5) is 14.9. The second kappa shape index (κ2) is 11.0. The van der Waals surface area contributed by atoms with Crippen molar-refractivity contribution in [3.05, 3.63) is 18.5 Å². The Bertz CT molecular complexity index is 641. The number of nitrogens with zero attached hydrogens (tertiary/aromatic N) is 4. The van der Waals surface area contributed by atoms with E-state index in [1.54, 1.807) is 0 Å². The zero-order valence-corrected chi connectivity index (χ0v) is 18.1. The lowest BCUT2D eigenvalue weighted by Crippen LogP contribution is -2.41. The number of allylic oxidation sites excluding steroid dienone is 1. The summed E-state index contributed by atoms with van der Waals surface area (Å²) < 4.78 is 2.11. The molecule has 0 spiro atoms. The molecule has 2 heterocycles. The van der Waals surface area contributed by atoms with Gasteiger partial charge in [-0.05, 0) is 44.7 Å². The molecule has 2 atom stereocenters. The minimum Gasteiger partial charge on any atom is -0.352 e. The minimum atomic E-state index is 0.103. The summed E-state index contributed by atoms with van der Waals surface area (Å²) in [6.07, 6.45) is 11.5. The molecule has 28 heavy (non-hydrogen) atoms. The maximum absolute atomic E-state index is 12.4. The lowest BCUT2D eigenvalue weighted by atomic mass is 9.86. The number of hydrogen-bond donors (Lipinski definition) is 1. The molecule has 1 aromatic heterocycles. The summed E-state index contributed by atoms with van der Waals surface area (Å²) in [7, 11) is 0. The van der Waals surface area contributed by atoms with Crippen LogP contribution in [0.15, 0.2) is 17.8 Å². The standard InChI is InChI=1S/C21H35N5OS/c1-3-12-26-19(11-15-25-13-7-4-8-14-25)23-24-21(26)28-16-20(27)22-18-10-6-5-9-17(18)2/h3,17-18H,1,4-16H2,2H3,(H,22,27)/t17-,18-/m1/s1. The highest BCUT2D eigenvalue weighted by Gasteiger charge is 2.23. The van der Waals surface area contributed by atoms with Crippen molar-refractivity contribution in [2.45, 2.75) is 76.0 Å². The number of thioether (sulfide) groups is 1. The Morgan fingerprint density at radius 3 is 2.75 bits per heavy atom. The molecule has 0 aromatic carbocycles. The van der Waals surface area contributed by atoms with Gasteiger partial charge in [-0.3, -0.25) is 4.79 Å². The van der Waals surface area contributed by atoms with E-state index >= 15 is 0 Å². The smallest absolute Gasteiger partial charge is 0.230 e. The van der Waals surface area contributed by atoms with E-state index in [9.17, 15) is 4.79 Å². The molecular formula is C21H35N5OS. The zero-order chi connectivity index (χ0) is 19.8. The Hall–Kier alpha value is -1.34. The van der Waals surface area contributed by atoms with E-state index in [1.807, 2.05) is 6.08 Å². The van der Waals surface area contributed by atoms with Gasteiger partial charge in [0.2, 0.25) is 5.91 Å². The van der Waals surface area contributed by atoms with Crippen molar-refractivity contribution >= 4 is 17.7 Å². The van der Waals surface area contributed by atoms with Crippen LogP contribution in [0.4, 0.5) is 0 Å². The number of carbonyl (C=O) groups excluding carboxylic acids is 1. The summed E-state index contributed by atoms with van der Waals surface area (Å²) in [5, 5.41) is 12.8. The molecule has 3 rings (SSSR count). The predicted molar refractivity (Wildman–Crippen MR) is 115 cm³/mol. The van der Waals surface area contributed by atoms with Crippen LogP contribution in [0.1, 0.15) is 57.7 Å². The number of nitrogens with one attached hydrogen (secondary N) is 1. The van der Waals surface area contributed by atoms with Gasteiger partial charge in [0.25, 0.3) is 0 Å². The molecule has 2 aliphatic rings. The van der Waals surface area contributed by atoms with Crippen molar-refractivity contribution in [1.29, 1.82) is 0 Å². The van der Waals surface area contributed by atoms with Gasteiger partial charge in [-0.15, -0.1) is 16.8 Å². The molecule has 6 nitrogen and oxygen atoms in total. The normalized spacial score (nSPS) is 23.5. The predicted octanol–water partition coefficient (Wildman–Crippen LogP) is 3.28. The Morgan fingerprint density at radius 1 is 1.21 bits per heavy atom.